The van der Waals surface area contributed by atoms with Gasteiger partial charge >= 0.3 is 5.97 Å². The number of hydrogen-bond acceptors (Lipinski definition) is 5. The van der Waals surface area contributed by atoms with Crippen LogP contribution in [0.3, 0.4) is 0 Å². The Labute approximate surface area is 136 Å². The summed E-state index contributed by atoms with van der Waals surface area (Å²) in [6.07, 6.45) is 2.15. The van der Waals surface area contributed by atoms with Gasteiger partial charge in [0.05, 0.1) is 18.4 Å². The second-order valence-electron chi connectivity index (χ2n) is 5.30. The summed E-state index contributed by atoms with van der Waals surface area (Å²) in [5.41, 5.74) is 6.74. The summed E-state index contributed by atoms with van der Waals surface area (Å²) in [6.45, 7) is 0.254. The highest BCUT2D eigenvalue weighted by atomic mass is 35.5. The first kappa shape index (κ1) is 18.9. The summed E-state index contributed by atoms with van der Waals surface area (Å²) in [4.78, 5) is 11.4. The number of ether oxygens (including phenoxy) is 1. The minimum absolute atomic E-state index is 0. The first-order valence-corrected chi connectivity index (χ1v) is 8.46. The molecule has 0 amide bonds. The Morgan fingerprint density at radius 2 is 2.14 bits per heavy atom. The maximum absolute atomic E-state index is 12.0. The van der Waals surface area contributed by atoms with E-state index in [1.807, 2.05) is 0 Å². The van der Waals surface area contributed by atoms with Gasteiger partial charge in [0.15, 0.2) is 0 Å². The lowest BCUT2D eigenvalue weighted by atomic mass is 10.1. The molecular weight excluding hydrogens is 328 g/mol. The van der Waals surface area contributed by atoms with Crippen molar-refractivity contribution in [2.24, 2.45) is 11.7 Å². The number of esters is 1. The maximum atomic E-state index is 12.0. The normalized spacial score (nSPS) is 15.7. The molecular formula is C14H21ClN2O4S. The topological polar surface area (TPSA) is 98.5 Å². The molecule has 1 aliphatic rings. The number of nitrogens with two attached hydrogens (primary N) is 1. The van der Waals surface area contributed by atoms with E-state index in [1.54, 1.807) is 18.2 Å². The Kier molecular flexibility index (Phi) is 6.80. The Hall–Kier alpha value is -1.15. The number of rotatable bonds is 7. The second-order valence-corrected chi connectivity index (χ2v) is 7.11. The smallest absolute Gasteiger partial charge is 0.337 e. The van der Waals surface area contributed by atoms with Gasteiger partial charge in [0.2, 0.25) is 10.0 Å². The molecule has 1 atom stereocenters. The molecule has 22 heavy (non-hydrogen) atoms. The first-order valence-electron chi connectivity index (χ1n) is 6.81. The number of methoxy groups -OCH3 is 1. The zero-order valence-corrected chi connectivity index (χ0v) is 14.0. The standard InChI is InChI=1S/C14H20N2O4S.ClH/c1-20-14(17)12-4-2-3-10(7-12)9-21(18,19)16-8-13(15)11-5-6-11;/h2-4,7,11,13,16H,5-6,8-9,15H2,1H3;1H. The average molecular weight is 349 g/mol. The molecule has 8 heteroatoms. The number of hydrogen-bond donors (Lipinski definition) is 2. The molecule has 0 heterocycles. The van der Waals surface area contributed by atoms with Crippen molar-refractivity contribution >= 4 is 28.4 Å². The molecule has 1 aliphatic carbocycles. The van der Waals surface area contributed by atoms with E-state index in [0.29, 0.717) is 17.0 Å². The van der Waals surface area contributed by atoms with E-state index in [-0.39, 0.29) is 30.7 Å². The third-order valence-electron chi connectivity index (χ3n) is 3.47. The van der Waals surface area contributed by atoms with Crippen LogP contribution in [-0.4, -0.2) is 34.1 Å². The molecule has 1 aromatic rings. The van der Waals surface area contributed by atoms with Crippen molar-refractivity contribution in [3.05, 3.63) is 35.4 Å². The minimum atomic E-state index is -3.47. The monoisotopic (exact) mass is 348 g/mol. The van der Waals surface area contributed by atoms with E-state index in [9.17, 15) is 13.2 Å². The summed E-state index contributed by atoms with van der Waals surface area (Å²) < 4.78 is 31.2. The van der Waals surface area contributed by atoms with Gasteiger partial charge in [0, 0.05) is 12.6 Å². The summed E-state index contributed by atoms with van der Waals surface area (Å²) in [7, 11) is -2.18. The van der Waals surface area contributed by atoms with Crippen LogP contribution in [0.5, 0.6) is 0 Å². The van der Waals surface area contributed by atoms with E-state index >= 15 is 0 Å². The highest BCUT2D eigenvalue weighted by Crippen LogP contribution is 2.31. The van der Waals surface area contributed by atoms with E-state index < -0.39 is 16.0 Å². The van der Waals surface area contributed by atoms with E-state index in [2.05, 4.69) is 9.46 Å². The highest BCUT2D eigenvalue weighted by Gasteiger charge is 2.29. The largest absolute Gasteiger partial charge is 0.465 e. The molecule has 0 radical (unpaired) electrons. The lowest BCUT2D eigenvalue weighted by Gasteiger charge is -2.12. The predicted molar refractivity (Wildman–Crippen MR) is 86.4 cm³/mol. The van der Waals surface area contributed by atoms with Gasteiger partial charge in [-0.3, -0.25) is 0 Å². The fourth-order valence-electron chi connectivity index (χ4n) is 2.09. The molecule has 0 saturated heterocycles. The highest BCUT2D eigenvalue weighted by molar-refractivity contribution is 7.88. The summed E-state index contributed by atoms with van der Waals surface area (Å²) in [5.74, 6) is -0.233. The van der Waals surface area contributed by atoms with Crippen LogP contribution in [0.2, 0.25) is 0 Å². The second kappa shape index (κ2) is 7.92. The molecule has 124 valence electrons. The zero-order valence-electron chi connectivity index (χ0n) is 12.3. The Morgan fingerprint density at radius 3 is 2.73 bits per heavy atom. The SMILES string of the molecule is COC(=O)c1cccc(CS(=O)(=O)NCC(N)C2CC2)c1.Cl. The van der Waals surface area contributed by atoms with Crippen LogP contribution in [-0.2, 0) is 20.5 Å². The number of benzene rings is 1. The van der Waals surface area contributed by atoms with Gasteiger partial charge in [-0.1, -0.05) is 12.1 Å². The van der Waals surface area contributed by atoms with Gasteiger partial charge in [-0.15, -0.1) is 12.4 Å². The van der Waals surface area contributed by atoms with Gasteiger partial charge in [-0.05, 0) is 36.5 Å². The zero-order chi connectivity index (χ0) is 15.5. The van der Waals surface area contributed by atoms with Crippen molar-refractivity contribution in [2.45, 2.75) is 24.6 Å². The quantitative estimate of drug-likeness (QED) is 0.718. The number of nitrogens with one attached hydrogen (secondary N) is 1. The van der Waals surface area contributed by atoms with E-state index in [0.717, 1.165) is 12.8 Å². The molecule has 0 spiro atoms. The van der Waals surface area contributed by atoms with Crippen LogP contribution in [0.15, 0.2) is 24.3 Å². The molecule has 6 nitrogen and oxygen atoms in total. The Morgan fingerprint density at radius 1 is 1.45 bits per heavy atom. The Bertz CT molecular complexity index is 617. The van der Waals surface area contributed by atoms with Crippen molar-refractivity contribution < 1.29 is 17.9 Å². The fraction of sp³-hybridized carbons (Fsp3) is 0.500. The van der Waals surface area contributed by atoms with E-state index in [1.165, 1.54) is 13.2 Å². The number of carbonyl (C=O) groups is 1. The number of sulfonamides is 1. The molecule has 1 unspecified atom stereocenters. The summed E-state index contributed by atoms with van der Waals surface area (Å²) in [6, 6.07) is 6.27. The fourth-order valence-corrected chi connectivity index (χ4v) is 3.26. The number of carbonyl (C=O) groups excluding carboxylic acids is 1. The summed E-state index contributed by atoms with van der Waals surface area (Å²) >= 11 is 0. The molecule has 1 aromatic carbocycles. The van der Waals surface area contributed by atoms with Gasteiger partial charge in [0.25, 0.3) is 0 Å². The number of halogens is 1. The maximum Gasteiger partial charge on any atom is 0.337 e. The molecule has 1 fully saturated rings. The van der Waals surface area contributed by atoms with Crippen LogP contribution in [0.4, 0.5) is 0 Å². The lowest BCUT2D eigenvalue weighted by Crippen LogP contribution is -2.39. The van der Waals surface area contributed by atoms with Crippen molar-refractivity contribution in [1.29, 1.82) is 0 Å². The van der Waals surface area contributed by atoms with Crippen LogP contribution < -0.4 is 10.5 Å². The third-order valence-corrected chi connectivity index (χ3v) is 4.79. The summed E-state index contributed by atoms with van der Waals surface area (Å²) in [5, 5.41) is 0. The van der Waals surface area contributed by atoms with Gasteiger partial charge in [-0.2, -0.15) is 0 Å². The van der Waals surface area contributed by atoms with Crippen molar-refractivity contribution in [3.8, 4) is 0 Å². The molecule has 1 saturated carbocycles. The molecule has 2 rings (SSSR count). The minimum Gasteiger partial charge on any atom is -0.465 e. The van der Waals surface area contributed by atoms with Gasteiger partial charge in [-0.25, -0.2) is 17.9 Å². The molecule has 3 N–H and O–H groups in total. The van der Waals surface area contributed by atoms with Crippen LogP contribution in [0, 0.1) is 5.92 Å². The average Bonchev–Trinajstić information content (AvgIpc) is 3.28. The van der Waals surface area contributed by atoms with Gasteiger partial charge < -0.3 is 10.5 Å². The predicted octanol–water partition coefficient (Wildman–Crippen LogP) is 1.05. The van der Waals surface area contributed by atoms with Crippen molar-refractivity contribution in [2.75, 3.05) is 13.7 Å². The first-order chi connectivity index (χ1) is 9.91. The van der Waals surface area contributed by atoms with Crippen molar-refractivity contribution in [3.63, 3.8) is 0 Å². The van der Waals surface area contributed by atoms with Crippen LogP contribution in [0.25, 0.3) is 0 Å². The van der Waals surface area contributed by atoms with E-state index in [4.69, 9.17) is 5.73 Å². The van der Waals surface area contributed by atoms with Crippen LogP contribution in [0.1, 0.15) is 28.8 Å². The van der Waals surface area contributed by atoms with Crippen LogP contribution >= 0.6 is 12.4 Å². The molecule has 0 aromatic heterocycles. The Balaban J connectivity index is 0.00000242. The van der Waals surface area contributed by atoms with Gasteiger partial charge in [0.1, 0.15) is 0 Å². The molecule has 0 bridgehead atoms. The lowest BCUT2D eigenvalue weighted by molar-refractivity contribution is 0.0600. The molecule has 0 aliphatic heterocycles. The van der Waals surface area contributed by atoms with Crippen molar-refractivity contribution in [1.82, 2.24) is 4.72 Å². The third kappa shape index (κ3) is 5.57.